The summed E-state index contributed by atoms with van der Waals surface area (Å²) in [6.45, 7) is 7.76. The van der Waals surface area contributed by atoms with Crippen LogP contribution in [0.2, 0.25) is 5.02 Å². The minimum atomic E-state index is -0.267. The number of hydrogen-bond acceptors (Lipinski definition) is 1. The van der Waals surface area contributed by atoms with Crippen molar-refractivity contribution in [3.05, 3.63) is 34.6 Å². The van der Waals surface area contributed by atoms with Crippen molar-refractivity contribution in [2.24, 2.45) is 11.3 Å². The first-order valence-electron chi connectivity index (χ1n) is 7.08. The van der Waals surface area contributed by atoms with Gasteiger partial charge in [-0.3, -0.25) is 0 Å². The first kappa shape index (κ1) is 14.8. The van der Waals surface area contributed by atoms with E-state index in [0.717, 1.165) is 18.5 Å². The summed E-state index contributed by atoms with van der Waals surface area (Å²) in [7, 11) is 0. The molecule has 0 amide bonds. The van der Waals surface area contributed by atoms with Crippen molar-refractivity contribution in [3.8, 4) is 0 Å². The molecule has 1 nitrogen and oxygen atoms in total. The molecule has 0 radical (unpaired) electrons. The third-order valence-corrected chi connectivity index (χ3v) is 4.73. The van der Waals surface area contributed by atoms with E-state index in [1.165, 1.54) is 25.0 Å². The van der Waals surface area contributed by atoms with Crippen LogP contribution in [-0.2, 0) is 6.42 Å². The second-order valence-electron chi connectivity index (χ2n) is 6.38. The first-order valence-corrected chi connectivity index (χ1v) is 7.46. The van der Waals surface area contributed by atoms with Crippen molar-refractivity contribution in [1.29, 1.82) is 0 Å². The largest absolute Gasteiger partial charge is 0.313 e. The first-order chi connectivity index (χ1) is 8.90. The predicted molar refractivity (Wildman–Crippen MR) is 79.1 cm³/mol. The number of benzene rings is 1. The van der Waals surface area contributed by atoms with E-state index in [4.69, 9.17) is 11.6 Å². The Morgan fingerprint density at radius 3 is 2.63 bits per heavy atom. The zero-order valence-corrected chi connectivity index (χ0v) is 12.7. The van der Waals surface area contributed by atoms with E-state index < -0.39 is 0 Å². The molecule has 19 heavy (non-hydrogen) atoms. The van der Waals surface area contributed by atoms with E-state index in [9.17, 15) is 4.39 Å². The Labute approximate surface area is 120 Å². The fraction of sp³-hybridized carbons (Fsp3) is 0.625. The van der Waals surface area contributed by atoms with Crippen LogP contribution in [0, 0.1) is 17.2 Å². The molecule has 1 atom stereocenters. The highest BCUT2D eigenvalue weighted by molar-refractivity contribution is 6.31. The van der Waals surface area contributed by atoms with Crippen LogP contribution in [0.1, 0.15) is 39.2 Å². The summed E-state index contributed by atoms with van der Waals surface area (Å²) >= 11 is 6.15. The van der Waals surface area contributed by atoms with Gasteiger partial charge >= 0.3 is 0 Å². The van der Waals surface area contributed by atoms with E-state index >= 15 is 0 Å². The van der Waals surface area contributed by atoms with Crippen molar-refractivity contribution in [3.63, 3.8) is 0 Å². The van der Waals surface area contributed by atoms with Crippen LogP contribution >= 0.6 is 11.6 Å². The fourth-order valence-electron chi connectivity index (χ4n) is 2.24. The SMILES string of the molecule is CC(C)C(C)(CNC1CC1)Cc1ccc(F)cc1Cl. The Balaban J connectivity index is 2.09. The molecular formula is C16H23ClFN. The van der Waals surface area contributed by atoms with Gasteiger partial charge in [0.2, 0.25) is 0 Å². The van der Waals surface area contributed by atoms with E-state index in [1.807, 2.05) is 6.07 Å². The molecule has 1 aromatic rings. The summed E-state index contributed by atoms with van der Waals surface area (Å²) in [5.74, 6) is 0.274. The molecule has 106 valence electrons. The summed E-state index contributed by atoms with van der Waals surface area (Å²) in [6, 6.07) is 5.43. The van der Waals surface area contributed by atoms with Crippen LogP contribution in [-0.4, -0.2) is 12.6 Å². The highest BCUT2D eigenvalue weighted by Crippen LogP contribution is 2.34. The van der Waals surface area contributed by atoms with Gasteiger partial charge in [0, 0.05) is 17.6 Å². The Kier molecular flexibility index (Phi) is 4.52. The molecule has 1 unspecified atom stereocenters. The summed E-state index contributed by atoms with van der Waals surface area (Å²) in [5.41, 5.74) is 1.18. The second-order valence-corrected chi connectivity index (χ2v) is 6.78. The van der Waals surface area contributed by atoms with Gasteiger partial charge < -0.3 is 5.32 Å². The van der Waals surface area contributed by atoms with Crippen molar-refractivity contribution >= 4 is 11.6 Å². The summed E-state index contributed by atoms with van der Waals surface area (Å²) in [6.07, 6.45) is 3.47. The van der Waals surface area contributed by atoms with Gasteiger partial charge in [-0.2, -0.15) is 0 Å². The number of rotatable bonds is 6. The van der Waals surface area contributed by atoms with Gasteiger partial charge in [-0.05, 0) is 48.3 Å². The maximum atomic E-state index is 13.1. The molecule has 1 N–H and O–H groups in total. The van der Waals surface area contributed by atoms with Gasteiger partial charge in [0.15, 0.2) is 0 Å². The van der Waals surface area contributed by atoms with E-state index in [0.29, 0.717) is 17.0 Å². The van der Waals surface area contributed by atoms with Crippen molar-refractivity contribution in [2.45, 2.75) is 46.1 Å². The second kappa shape index (κ2) is 5.80. The average molecular weight is 284 g/mol. The number of hydrogen-bond donors (Lipinski definition) is 1. The zero-order valence-electron chi connectivity index (χ0n) is 12.0. The Bertz CT molecular complexity index is 442. The standard InChI is InChI=1S/C16H23ClFN/c1-11(2)16(3,10-19-14-6-7-14)9-12-4-5-13(18)8-15(12)17/h4-5,8,11,14,19H,6-7,9-10H2,1-3H3. The Morgan fingerprint density at radius 1 is 1.42 bits per heavy atom. The molecule has 1 aliphatic carbocycles. The molecule has 3 heteroatoms. The minimum Gasteiger partial charge on any atom is -0.313 e. The Morgan fingerprint density at radius 2 is 2.11 bits per heavy atom. The van der Waals surface area contributed by atoms with Crippen LogP contribution < -0.4 is 5.32 Å². The molecule has 1 fully saturated rings. The van der Waals surface area contributed by atoms with Crippen LogP contribution in [0.25, 0.3) is 0 Å². The summed E-state index contributed by atoms with van der Waals surface area (Å²) in [5, 5.41) is 4.15. The maximum absolute atomic E-state index is 13.1. The third-order valence-electron chi connectivity index (χ3n) is 4.38. The molecule has 0 bridgehead atoms. The van der Waals surface area contributed by atoms with Gasteiger partial charge in [-0.1, -0.05) is 38.4 Å². The zero-order chi connectivity index (χ0) is 14.0. The molecular weight excluding hydrogens is 261 g/mol. The van der Waals surface area contributed by atoms with Gasteiger partial charge in [-0.15, -0.1) is 0 Å². The van der Waals surface area contributed by atoms with Gasteiger partial charge in [-0.25, -0.2) is 4.39 Å². The molecule has 1 saturated carbocycles. The number of nitrogens with one attached hydrogen (secondary N) is 1. The van der Waals surface area contributed by atoms with Crippen molar-refractivity contribution in [1.82, 2.24) is 5.32 Å². The van der Waals surface area contributed by atoms with E-state index in [2.05, 4.69) is 26.1 Å². The molecule has 0 saturated heterocycles. The summed E-state index contributed by atoms with van der Waals surface area (Å²) in [4.78, 5) is 0. The summed E-state index contributed by atoms with van der Waals surface area (Å²) < 4.78 is 13.1. The normalized spacial score (nSPS) is 18.6. The lowest BCUT2D eigenvalue weighted by Crippen LogP contribution is -2.38. The molecule has 1 aliphatic rings. The third kappa shape index (κ3) is 3.93. The van der Waals surface area contributed by atoms with Gasteiger partial charge in [0.25, 0.3) is 0 Å². The molecule has 0 aromatic heterocycles. The van der Waals surface area contributed by atoms with E-state index in [1.54, 1.807) is 0 Å². The van der Waals surface area contributed by atoms with Gasteiger partial charge in [0.05, 0.1) is 0 Å². The average Bonchev–Trinajstić information content (AvgIpc) is 3.14. The lowest BCUT2D eigenvalue weighted by atomic mass is 9.74. The Hall–Kier alpha value is -0.600. The predicted octanol–water partition coefficient (Wildman–Crippen LogP) is 4.44. The minimum absolute atomic E-state index is 0.143. The van der Waals surface area contributed by atoms with Crippen LogP contribution in [0.4, 0.5) is 4.39 Å². The molecule has 0 heterocycles. The van der Waals surface area contributed by atoms with Crippen LogP contribution in [0.5, 0.6) is 0 Å². The molecule has 1 aromatic carbocycles. The maximum Gasteiger partial charge on any atom is 0.124 e. The molecule has 0 spiro atoms. The fourth-order valence-corrected chi connectivity index (χ4v) is 2.47. The van der Waals surface area contributed by atoms with Crippen LogP contribution in [0.3, 0.4) is 0 Å². The smallest absolute Gasteiger partial charge is 0.124 e. The van der Waals surface area contributed by atoms with Crippen molar-refractivity contribution in [2.75, 3.05) is 6.54 Å². The number of halogens is 2. The molecule has 0 aliphatic heterocycles. The lowest BCUT2D eigenvalue weighted by molar-refractivity contribution is 0.206. The highest BCUT2D eigenvalue weighted by Gasteiger charge is 2.32. The van der Waals surface area contributed by atoms with Gasteiger partial charge in [0.1, 0.15) is 5.82 Å². The van der Waals surface area contributed by atoms with E-state index in [-0.39, 0.29) is 11.2 Å². The topological polar surface area (TPSA) is 12.0 Å². The molecule has 2 rings (SSSR count). The van der Waals surface area contributed by atoms with Crippen LogP contribution in [0.15, 0.2) is 18.2 Å². The highest BCUT2D eigenvalue weighted by atomic mass is 35.5. The quantitative estimate of drug-likeness (QED) is 0.814. The van der Waals surface area contributed by atoms with Crippen molar-refractivity contribution < 1.29 is 4.39 Å². The lowest BCUT2D eigenvalue weighted by Gasteiger charge is -2.35. The monoisotopic (exact) mass is 283 g/mol.